The van der Waals surface area contributed by atoms with Crippen LogP contribution >= 0.6 is 0 Å². The molecule has 0 N–H and O–H groups in total. The minimum absolute atomic E-state index is 0.0315. The molecule has 15 heavy (non-hydrogen) atoms. The summed E-state index contributed by atoms with van der Waals surface area (Å²) in [6.07, 6.45) is 4.81. The number of benzene rings is 1. The van der Waals surface area contributed by atoms with Gasteiger partial charge >= 0.3 is 0 Å². The lowest BCUT2D eigenvalue weighted by molar-refractivity contribution is -0.114. The van der Waals surface area contributed by atoms with Crippen molar-refractivity contribution in [2.45, 2.75) is 6.42 Å². The number of allylic oxidation sites excluding steroid dienone is 4. The first kappa shape index (κ1) is 9.59. The van der Waals surface area contributed by atoms with Gasteiger partial charge in [-0.15, -0.1) is 0 Å². The third-order valence-corrected chi connectivity index (χ3v) is 2.24. The molecule has 0 spiro atoms. The molecule has 1 aromatic carbocycles. The maximum atomic E-state index is 11.7. The molecule has 0 fully saturated rings. The summed E-state index contributed by atoms with van der Waals surface area (Å²) in [5.74, 6) is -0.136. The van der Waals surface area contributed by atoms with Crippen LogP contribution in [-0.2, 0) is 9.59 Å². The Bertz CT molecular complexity index is 453. The van der Waals surface area contributed by atoms with Gasteiger partial charge < -0.3 is 0 Å². The largest absolute Gasteiger partial charge is 0.294 e. The van der Waals surface area contributed by atoms with Gasteiger partial charge in [-0.3, -0.25) is 9.59 Å². The molecular formula is C13H10O2. The van der Waals surface area contributed by atoms with E-state index in [9.17, 15) is 9.59 Å². The van der Waals surface area contributed by atoms with E-state index in [2.05, 4.69) is 0 Å². The van der Waals surface area contributed by atoms with Crippen molar-refractivity contribution in [2.75, 3.05) is 0 Å². The van der Waals surface area contributed by atoms with Crippen LogP contribution in [0.2, 0.25) is 0 Å². The molecule has 1 aromatic rings. The van der Waals surface area contributed by atoms with Gasteiger partial charge in [0, 0.05) is 12.0 Å². The van der Waals surface area contributed by atoms with Crippen LogP contribution in [0.1, 0.15) is 12.0 Å². The van der Waals surface area contributed by atoms with Gasteiger partial charge in [0.15, 0.2) is 11.6 Å². The molecule has 0 bridgehead atoms. The molecule has 0 atom stereocenters. The van der Waals surface area contributed by atoms with E-state index in [-0.39, 0.29) is 11.6 Å². The predicted octanol–water partition coefficient (Wildman–Crippen LogP) is 2.17. The predicted molar refractivity (Wildman–Crippen MR) is 58.2 cm³/mol. The molecule has 1 aliphatic rings. The number of rotatable bonds is 1. The van der Waals surface area contributed by atoms with Crippen LogP contribution in [0, 0.1) is 0 Å². The third-order valence-electron chi connectivity index (χ3n) is 2.24. The second-order valence-corrected chi connectivity index (χ2v) is 3.36. The maximum absolute atomic E-state index is 11.7. The van der Waals surface area contributed by atoms with Crippen LogP contribution < -0.4 is 0 Å². The Morgan fingerprint density at radius 2 is 1.73 bits per heavy atom. The molecule has 0 aliphatic heterocycles. The second-order valence-electron chi connectivity index (χ2n) is 3.36. The van der Waals surface area contributed by atoms with Gasteiger partial charge in [-0.05, 0) is 17.7 Å². The fourth-order valence-corrected chi connectivity index (χ4v) is 1.51. The van der Waals surface area contributed by atoms with Crippen molar-refractivity contribution in [3.63, 3.8) is 0 Å². The van der Waals surface area contributed by atoms with Gasteiger partial charge in [-0.25, -0.2) is 0 Å². The van der Waals surface area contributed by atoms with Crippen LogP contribution in [0.25, 0.3) is 5.57 Å². The summed E-state index contributed by atoms with van der Waals surface area (Å²) in [7, 11) is 0. The fraction of sp³-hybridized carbons (Fsp3) is 0.0769. The number of hydrogen-bond acceptors (Lipinski definition) is 2. The molecule has 2 rings (SSSR count). The normalized spacial score (nSPS) is 16.1. The molecule has 0 saturated carbocycles. The van der Waals surface area contributed by atoms with Crippen molar-refractivity contribution in [3.05, 3.63) is 54.1 Å². The van der Waals surface area contributed by atoms with E-state index in [1.54, 1.807) is 6.08 Å². The first-order chi connectivity index (χ1) is 7.27. The Hall–Kier alpha value is -1.96. The number of carbonyl (C=O) groups is 2. The van der Waals surface area contributed by atoms with Gasteiger partial charge in [-0.2, -0.15) is 0 Å². The Balaban J connectivity index is 2.47. The summed E-state index contributed by atoms with van der Waals surface area (Å²) in [6.45, 7) is 0. The van der Waals surface area contributed by atoms with Crippen LogP contribution in [0.3, 0.4) is 0 Å². The molecule has 0 radical (unpaired) electrons. The van der Waals surface area contributed by atoms with Crippen molar-refractivity contribution in [2.24, 2.45) is 0 Å². The minimum Gasteiger partial charge on any atom is -0.294 e. The first-order valence-electron chi connectivity index (χ1n) is 4.78. The van der Waals surface area contributed by atoms with Crippen molar-refractivity contribution in [3.8, 4) is 0 Å². The van der Waals surface area contributed by atoms with E-state index in [1.165, 1.54) is 12.2 Å². The van der Waals surface area contributed by atoms with Crippen molar-refractivity contribution in [1.29, 1.82) is 0 Å². The van der Waals surface area contributed by atoms with Gasteiger partial charge in [-0.1, -0.05) is 36.4 Å². The minimum atomic E-state index is -0.105. The molecule has 74 valence electrons. The molecule has 0 heterocycles. The average molecular weight is 198 g/mol. The highest BCUT2D eigenvalue weighted by molar-refractivity contribution is 6.30. The second kappa shape index (κ2) is 4.05. The topological polar surface area (TPSA) is 34.1 Å². The van der Waals surface area contributed by atoms with Crippen LogP contribution in [0.15, 0.2) is 48.6 Å². The summed E-state index contributed by atoms with van der Waals surface area (Å²) >= 11 is 0. The lowest BCUT2D eigenvalue weighted by Gasteiger charge is -2.01. The lowest BCUT2D eigenvalue weighted by Crippen LogP contribution is -1.98. The molecule has 2 nitrogen and oxygen atoms in total. The highest BCUT2D eigenvalue weighted by atomic mass is 16.1. The zero-order valence-corrected chi connectivity index (χ0v) is 8.14. The molecule has 0 amide bonds. The Kier molecular flexibility index (Phi) is 2.59. The van der Waals surface area contributed by atoms with Gasteiger partial charge in [0.2, 0.25) is 0 Å². The van der Waals surface area contributed by atoms with E-state index in [1.807, 2.05) is 30.3 Å². The van der Waals surface area contributed by atoms with E-state index in [0.717, 1.165) is 5.56 Å². The van der Waals surface area contributed by atoms with Crippen LogP contribution in [0.5, 0.6) is 0 Å². The Morgan fingerprint density at radius 1 is 1.00 bits per heavy atom. The molecule has 0 saturated heterocycles. The molecule has 1 aliphatic carbocycles. The summed E-state index contributed by atoms with van der Waals surface area (Å²) < 4.78 is 0. The van der Waals surface area contributed by atoms with E-state index in [0.29, 0.717) is 12.0 Å². The molecule has 2 heteroatoms. The van der Waals surface area contributed by atoms with Crippen molar-refractivity contribution in [1.82, 2.24) is 0 Å². The number of ketones is 2. The standard InChI is InChI=1S/C13H10O2/c14-11-7-4-8-13(15)12(9-11)10-5-2-1-3-6-10/h1-6,8-9H,7H2. The summed E-state index contributed by atoms with van der Waals surface area (Å²) in [4.78, 5) is 23.0. The average Bonchev–Trinajstić information content (AvgIpc) is 2.42. The fourth-order valence-electron chi connectivity index (χ4n) is 1.51. The summed E-state index contributed by atoms with van der Waals surface area (Å²) in [5, 5.41) is 0. The third kappa shape index (κ3) is 2.10. The summed E-state index contributed by atoms with van der Waals surface area (Å²) in [6, 6.07) is 9.24. The molecule has 0 aromatic heterocycles. The maximum Gasteiger partial charge on any atom is 0.186 e. The molecular weight excluding hydrogens is 188 g/mol. The van der Waals surface area contributed by atoms with E-state index in [4.69, 9.17) is 0 Å². The lowest BCUT2D eigenvalue weighted by atomic mass is 10.0. The van der Waals surface area contributed by atoms with E-state index >= 15 is 0 Å². The highest BCUT2D eigenvalue weighted by Gasteiger charge is 2.13. The quantitative estimate of drug-likeness (QED) is 0.693. The molecule has 0 unspecified atom stereocenters. The van der Waals surface area contributed by atoms with Crippen LogP contribution in [-0.4, -0.2) is 11.6 Å². The highest BCUT2D eigenvalue weighted by Crippen LogP contribution is 2.18. The van der Waals surface area contributed by atoms with Gasteiger partial charge in [0.05, 0.1) is 0 Å². The first-order valence-corrected chi connectivity index (χ1v) is 4.78. The van der Waals surface area contributed by atoms with E-state index < -0.39 is 0 Å². The van der Waals surface area contributed by atoms with Crippen LogP contribution in [0.4, 0.5) is 0 Å². The monoisotopic (exact) mass is 198 g/mol. The number of hydrogen-bond donors (Lipinski definition) is 0. The summed E-state index contributed by atoms with van der Waals surface area (Å²) in [5.41, 5.74) is 1.27. The van der Waals surface area contributed by atoms with Crippen molar-refractivity contribution < 1.29 is 9.59 Å². The van der Waals surface area contributed by atoms with Gasteiger partial charge in [0.1, 0.15) is 0 Å². The number of carbonyl (C=O) groups excluding carboxylic acids is 2. The van der Waals surface area contributed by atoms with Crippen molar-refractivity contribution >= 4 is 17.1 Å². The zero-order chi connectivity index (χ0) is 10.7. The smallest absolute Gasteiger partial charge is 0.186 e. The van der Waals surface area contributed by atoms with Gasteiger partial charge in [0.25, 0.3) is 0 Å². The Labute approximate surface area is 87.9 Å². The zero-order valence-electron chi connectivity index (χ0n) is 8.14. The SMILES string of the molecule is O=C1C=C(c2ccccc2)C(=O)C=CC1. The Morgan fingerprint density at radius 3 is 2.47 bits per heavy atom.